The molecule has 318 valence electrons. The molecule has 0 amide bonds. The molecule has 12 aromatic rings. The van der Waals surface area contributed by atoms with Gasteiger partial charge in [0.15, 0.2) is 23.0 Å². The Morgan fingerprint density at radius 1 is 0.235 bits per heavy atom. The van der Waals surface area contributed by atoms with Gasteiger partial charge in [-0.1, -0.05) is 158 Å². The summed E-state index contributed by atoms with van der Waals surface area (Å²) >= 11 is 0. The fraction of sp³-hybridized carbons (Fsp3) is 0. The minimum absolute atomic E-state index is 0.824. The smallest absolute Gasteiger partial charge is 0.151 e. The summed E-state index contributed by atoms with van der Waals surface area (Å²) in [6.45, 7) is 0. The largest absolute Gasteiger partial charge is 0.453 e. The van der Waals surface area contributed by atoms with E-state index in [1.165, 1.54) is 49.2 Å². The molecule has 0 saturated heterocycles. The van der Waals surface area contributed by atoms with Crippen molar-refractivity contribution in [2.75, 3.05) is 9.80 Å². The van der Waals surface area contributed by atoms with Crippen molar-refractivity contribution >= 4 is 77.2 Å². The van der Waals surface area contributed by atoms with E-state index < -0.39 is 0 Å². The molecule has 2 aliphatic heterocycles. The summed E-state index contributed by atoms with van der Waals surface area (Å²) in [6.07, 6.45) is 0. The number of anilines is 6. The third-order valence-electron chi connectivity index (χ3n) is 13.8. The molecule has 4 nitrogen and oxygen atoms in total. The van der Waals surface area contributed by atoms with Crippen LogP contribution in [-0.4, -0.2) is 0 Å². The van der Waals surface area contributed by atoms with Gasteiger partial charge in [-0.3, -0.25) is 0 Å². The number of fused-ring (bicyclic) bond motifs is 8. The lowest BCUT2D eigenvalue weighted by Gasteiger charge is -2.33. The lowest BCUT2D eigenvalue weighted by Crippen LogP contribution is -2.15. The number of para-hydroxylation sites is 8. The summed E-state index contributed by atoms with van der Waals surface area (Å²) in [4.78, 5) is 4.69. The second-order valence-corrected chi connectivity index (χ2v) is 17.7. The van der Waals surface area contributed by atoms with E-state index in [4.69, 9.17) is 9.47 Å². The fourth-order valence-corrected chi connectivity index (χ4v) is 10.6. The lowest BCUT2D eigenvalue weighted by atomic mass is 9.84. The minimum atomic E-state index is 0.824. The van der Waals surface area contributed by atoms with Gasteiger partial charge >= 0.3 is 0 Å². The van der Waals surface area contributed by atoms with Crippen molar-refractivity contribution in [1.29, 1.82) is 0 Å². The molecule has 0 aromatic heterocycles. The zero-order chi connectivity index (χ0) is 44.7. The molecule has 0 unspecified atom stereocenters. The molecule has 2 aliphatic rings. The summed E-state index contributed by atoms with van der Waals surface area (Å²) in [5.41, 5.74) is 13.1. The van der Waals surface area contributed by atoms with Crippen LogP contribution in [0, 0.1) is 0 Å². The van der Waals surface area contributed by atoms with Crippen molar-refractivity contribution in [2.45, 2.75) is 0 Å². The SMILES string of the molecule is c1ccc2c(c1)Oc1ccccc1N2c1ccc2c(-c3ccc4ccccc4c3)c3cc(N4c5ccccc5Oc5ccccc54)ccc3c(-c3ccc(-c4ccc5ccccc5c4)cc3)c2c1. The van der Waals surface area contributed by atoms with Crippen molar-refractivity contribution in [3.05, 3.63) is 243 Å². The molecule has 14 rings (SSSR count). The Bertz CT molecular complexity index is 3920. The van der Waals surface area contributed by atoms with Crippen molar-refractivity contribution in [3.8, 4) is 56.4 Å². The van der Waals surface area contributed by atoms with Crippen molar-refractivity contribution in [3.63, 3.8) is 0 Å². The van der Waals surface area contributed by atoms with Crippen LogP contribution in [0.2, 0.25) is 0 Å². The molecule has 0 atom stereocenters. The van der Waals surface area contributed by atoms with E-state index in [2.05, 4.69) is 228 Å². The van der Waals surface area contributed by atoms with Crippen molar-refractivity contribution in [1.82, 2.24) is 0 Å². The predicted octanol–water partition coefficient (Wildman–Crippen LogP) is 18.5. The highest BCUT2D eigenvalue weighted by atomic mass is 16.5. The van der Waals surface area contributed by atoms with Crippen LogP contribution in [0.1, 0.15) is 0 Å². The second kappa shape index (κ2) is 15.2. The van der Waals surface area contributed by atoms with Crippen LogP contribution < -0.4 is 19.3 Å². The van der Waals surface area contributed by atoms with Crippen molar-refractivity contribution < 1.29 is 9.47 Å². The summed E-state index contributed by atoms with van der Waals surface area (Å²) in [7, 11) is 0. The van der Waals surface area contributed by atoms with Gasteiger partial charge in [0.2, 0.25) is 0 Å². The number of nitrogens with zero attached hydrogens (tertiary/aromatic N) is 2. The number of rotatable bonds is 5. The first kappa shape index (κ1) is 38.2. The molecular weight excluding hydrogens is 829 g/mol. The van der Waals surface area contributed by atoms with E-state index in [0.29, 0.717) is 0 Å². The van der Waals surface area contributed by atoms with E-state index in [1.807, 2.05) is 24.3 Å². The molecule has 0 spiro atoms. The highest BCUT2D eigenvalue weighted by molar-refractivity contribution is 6.23. The third kappa shape index (κ3) is 6.08. The Morgan fingerprint density at radius 2 is 0.588 bits per heavy atom. The monoisotopic (exact) mass is 868 g/mol. The van der Waals surface area contributed by atoms with E-state index in [-0.39, 0.29) is 0 Å². The van der Waals surface area contributed by atoms with Gasteiger partial charge in [0.25, 0.3) is 0 Å². The maximum atomic E-state index is 6.50. The van der Waals surface area contributed by atoms with Gasteiger partial charge in [-0.2, -0.15) is 0 Å². The average Bonchev–Trinajstić information content (AvgIpc) is 3.40. The minimum Gasteiger partial charge on any atom is -0.453 e. The molecule has 0 saturated carbocycles. The average molecular weight is 869 g/mol. The Labute approximate surface area is 393 Å². The topological polar surface area (TPSA) is 24.9 Å². The third-order valence-corrected chi connectivity index (χ3v) is 13.8. The normalized spacial score (nSPS) is 12.6. The van der Waals surface area contributed by atoms with Crippen LogP contribution in [0.25, 0.3) is 76.5 Å². The Balaban J connectivity index is 1.06. The van der Waals surface area contributed by atoms with Gasteiger partial charge in [-0.25, -0.2) is 0 Å². The lowest BCUT2D eigenvalue weighted by molar-refractivity contribution is 0.477. The van der Waals surface area contributed by atoms with Gasteiger partial charge in [-0.05, 0) is 161 Å². The highest BCUT2D eigenvalue weighted by Gasteiger charge is 2.29. The molecule has 12 aromatic carbocycles. The van der Waals surface area contributed by atoms with Crippen LogP contribution in [0.4, 0.5) is 34.1 Å². The Kier molecular flexibility index (Phi) is 8.55. The van der Waals surface area contributed by atoms with Crippen LogP contribution in [0.3, 0.4) is 0 Å². The summed E-state index contributed by atoms with van der Waals surface area (Å²) < 4.78 is 13.0. The molecule has 68 heavy (non-hydrogen) atoms. The molecule has 0 aliphatic carbocycles. The fourth-order valence-electron chi connectivity index (χ4n) is 10.6. The van der Waals surface area contributed by atoms with E-state index >= 15 is 0 Å². The molecule has 0 radical (unpaired) electrons. The van der Waals surface area contributed by atoms with Crippen LogP contribution in [0.5, 0.6) is 23.0 Å². The zero-order valence-electron chi connectivity index (χ0n) is 36.8. The molecule has 0 bridgehead atoms. The van der Waals surface area contributed by atoms with Crippen LogP contribution in [0.15, 0.2) is 243 Å². The van der Waals surface area contributed by atoms with E-state index in [9.17, 15) is 0 Å². The number of benzene rings is 12. The number of ether oxygens (including phenoxy) is 2. The molecule has 0 fully saturated rings. The number of hydrogen-bond donors (Lipinski definition) is 0. The Morgan fingerprint density at radius 3 is 1.06 bits per heavy atom. The summed E-state index contributed by atoms with van der Waals surface area (Å²) in [5.74, 6) is 3.30. The first-order valence-electron chi connectivity index (χ1n) is 23.1. The van der Waals surface area contributed by atoms with E-state index in [0.717, 1.165) is 84.4 Å². The highest BCUT2D eigenvalue weighted by Crippen LogP contribution is 2.55. The summed E-state index contributed by atoms with van der Waals surface area (Å²) in [6, 6.07) is 87.3. The first-order chi connectivity index (χ1) is 33.7. The zero-order valence-corrected chi connectivity index (χ0v) is 36.8. The Hall–Kier alpha value is -9.12. The maximum Gasteiger partial charge on any atom is 0.151 e. The molecule has 4 heteroatoms. The van der Waals surface area contributed by atoms with Gasteiger partial charge < -0.3 is 19.3 Å². The predicted molar refractivity (Wildman–Crippen MR) is 282 cm³/mol. The van der Waals surface area contributed by atoms with E-state index in [1.54, 1.807) is 0 Å². The quantitative estimate of drug-likeness (QED) is 0.161. The maximum absolute atomic E-state index is 6.50. The molecule has 0 N–H and O–H groups in total. The van der Waals surface area contributed by atoms with Crippen molar-refractivity contribution in [2.24, 2.45) is 0 Å². The first-order valence-corrected chi connectivity index (χ1v) is 23.1. The van der Waals surface area contributed by atoms with Crippen LogP contribution in [-0.2, 0) is 0 Å². The van der Waals surface area contributed by atoms with Gasteiger partial charge in [0.1, 0.15) is 0 Å². The van der Waals surface area contributed by atoms with Crippen LogP contribution >= 0.6 is 0 Å². The standard InChI is InChI=1S/C64H40N2O2/c1-3-15-45-37-47(31-27-41(45)13-1)43-25-29-44(30-26-43)63-51-35-33-50(66-57-19-7-11-23-61(57)68-62-24-12-8-20-58(62)66)40-54(51)64(48-32-28-42-14-2-4-16-46(42)38-48)52-36-34-49(39-53(52)63)65-55-17-5-9-21-59(55)67-60-22-10-6-18-56(60)65/h1-40H. The van der Waals surface area contributed by atoms with Gasteiger partial charge in [0, 0.05) is 11.4 Å². The summed E-state index contributed by atoms with van der Waals surface area (Å²) in [5, 5.41) is 9.53. The van der Waals surface area contributed by atoms with Gasteiger partial charge in [-0.15, -0.1) is 0 Å². The number of hydrogen-bond acceptors (Lipinski definition) is 4. The van der Waals surface area contributed by atoms with Gasteiger partial charge in [0.05, 0.1) is 22.7 Å². The molecular formula is C64H40N2O2. The second-order valence-electron chi connectivity index (χ2n) is 17.7. The molecule has 2 heterocycles.